The average Bonchev–Trinajstić information content (AvgIpc) is 3.42. The second-order valence-corrected chi connectivity index (χ2v) is 7.34. The average molecular weight is 450 g/mol. The number of carbonyl (C=O) groups excluding carboxylic acids is 1. The van der Waals surface area contributed by atoms with Gasteiger partial charge in [-0.15, -0.1) is 0 Å². The van der Waals surface area contributed by atoms with Crippen molar-refractivity contribution in [3.8, 4) is 29.0 Å². The Morgan fingerprint density at radius 2 is 1.56 bits per heavy atom. The maximum atomic E-state index is 12.6. The Labute approximate surface area is 197 Å². The fraction of sp³-hybridized carbons (Fsp3) is 0.0714. The summed E-state index contributed by atoms with van der Waals surface area (Å²) in [6.07, 6.45) is 5.60. The summed E-state index contributed by atoms with van der Waals surface area (Å²) in [6, 6.07) is 25.6. The highest BCUT2D eigenvalue weighted by Gasteiger charge is 2.11. The molecule has 0 unspecified atom stereocenters. The predicted molar refractivity (Wildman–Crippen MR) is 130 cm³/mol. The van der Waals surface area contributed by atoms with Crippen LogP contribution in [-0.4, -0.2) is 24.8 Å². The lowest BCUT2D eigenvalue weighted by atomic mass is 10.0. The summed E-state index contributed by atoms with van der Waals surface area (Å²) in [5.74, 6) is 1.05. The Kier molecular flexibility index (Phi) is 6.76. The van der Waals surface area contributed by atoms with E-state index in [2.05, 4.69) is 6.07 Å². The fourth-order valence-corrected chi connectivity index (χ4v) is 3.46. The van der Waals surface area contributed by atoms with Crippen LogP contribution in [0.3, 0.4) is 0 Å². The van der Waals surface area contributed by atoms with E-state index < -0.39 is 5.97 Å². The Balaban J connectivity index is 1.52. The van der Waals surface area contributed by atoms with Crippen molar-refractivity contribution < 1.29 is 19.0 Å². The van der Waals surface area contributed by atoms with Gasteiger partial charge in [0.2, 0.25) is 0 Å². The van der Waals surface area contributed by atoms with Gasteiger partial charge >= 0.3 is 5.97 Å². The molecule has 4 rings (SSSR count). The molecule has 3 aromatic carbocycles. The molecular weight excluding hydrogens is 428 g/mol. The van der Waals surface area contributed by atoms with E-state index in [4.69, 9.17) is 14.2 Å². The zero-order valence-corrected chi connectivity index (χ0v) is 18.8. The summed E-state index contributed by atoms with van der Waals surface area (Å²) in [7, 11) is 3.10. The van der Waals surface area contributed by atoms with Gasteiger partial charge in [0.25, 0.3) is 0 Å². The molecule has 0 radical (unpaired) electrons. The van der Waals surface area contributed by atoms with Crippen LogP contribution < -0.4 is 14.2 Å². The largest absolute Gasteiger partial charge is 0.493 e. The molecule has 1 heterocycles. The van der Waals surface area contributed by atoms with E-state index in [1.54, 1.807) is 68.8 Å². The van der Waals surface area contributed by atoms with Crippen molar-refractivity contribution >= 4 is 17.6 Å². The molecule has 1 aromatic heterocycles. The molecule has 0 bridgehead atoms. The minimum absolute atomic E-state index is 0.387. The number of nitrogens with zero attached hydrogens (tertiary/aromatic N) is 2. The lowest BCUT2D eigenvalue weighted by Gasteiger charge is -2.09. The first-order valence-corrected chi connectivity index (χ1v) is 10.5. The Morgan fingerprint density at radius 1 is 0.853 bits per heavy atom. The van der Waals surface area contributed by atoms with Gasteiger partial charge in [-0.2, -0.15) is 5.26 Å². The highest BCUT2D eigenvalue weighted by atomic mass is 16.5. The SMILES string of the molecule is COc1ccc(/C(C#N)=C\c2cccc(OC(=O)c3ccc(-n4cccc4)cc3)c2)cc1OC. The molecule has 0 aliphatic rings. The lowest BCUT2D eigenvalue weighted by molar-refractivity contribution is 0.0735. The van der Waals surface area contributed by atoms with Gasteiger partial charge in [-0.3, -0.25) is 0 Å². The molecular formula is C28H22N2O4. The lowest BCUT2D eigenvalue weighted by Crippen LogP contribution is -2.08. The highest BCUT2D eigenvalue weighted by Crippen LogP contribution is 2.31. The number of rotatable bonds is 7. The number of hydrogen-bond donors (Lipinski definition) is 0. The van der Waals surface area contributed by atoms with Crippen molar-refractivity contribution in [2.75, 3.05) is 14.2 Å². The monoisotopic (exact) mass is 450 g/mol. The van der Waals surface area contributed by atoms with Gasteiger partial charge in [0.15, 0.2) is 11.5 Å². The molecule has 0 atom stereocenters. The van der Waals surface area contributed by atoms with Crippen molar-refractivity contribution in [2.45, 2.75) is 0 Å². The number of carbonyl (C=O) groups is 1. The van der Waals surface area contributed by atoms with Crippen LogP contribution in [0.4, 0.5) is 0 Å². The summed E-state index contributed by atoms with van der Waals surface area (Å²) in [5, 5.41) is 9.71. The number of esters is 1. The number of methoxy groups -OCH3 is 2. The van der Waals surface area contributed by atoms with Gasteiger partial charge in [0.05, 0.1) is 31.4 Å². The van der Waals surface area contributed by atoms with Crippen molar-refractivity contribution in [3.05, 3.63) is 108 Å². The molecule has 0 saturated heterocycles. The molecule has 0 amide bonds. The quantitative estimate of drug-likeness (QED) is 0.154. The van der Waals surface area contributed by atoms with E-state index in [0.717, 1.165) is 11.3 Å². The Hall–Kier alpha value is -4.76. The zero-order chi connectivity index (χ0) is 23.9. The number of allylic oxidation sites excluding steroid dienone is 1. The fourth-order valence-electron chi connectivity index (χ4n) is 3.46. The van der Waals surface area contributed by atoms with Crippen molar-refractivity contribution in [1.82, 2.24) is 4.57 Å². The van der Waals surface area contributed by atoms with Gasteiger partial charge in [0.1, 0.15) is 5.75 Å². The normalized spacial score (nSPS) is 10.9. The summed E-state index contributed by atoms with van der Waals surface area (Å²) < 4.78 is 18.1. The zero-order valence-electron chi connectivity index (χ0n) is 18.8. The first kappa shape index (κ1) is 22.4. The minimum atomic E-state index is -0.458. The van der Waals surface area contributed by atoms with Gasteiger partial charge in [-0.1, -0.05) is 12.1 Å². The molecule has 6 nitrogen and oxygen atoms in total. The summed E-state index contributed by atoms with van der Waals surface area (Å²) in [5.41, 5.74) is 3.24. The molecule has 4 aromatic rings. The predicted octanol–water partition coefficient (Wildman–Crippen LogP) is 5.78. The molecule has 0 N–H and O–H groups in total. The molecule has 0 fully saturated rings. The summed E-state index contributed by atoms with van der Waals surface area (Å²) in [6.45, 7) is 0. The maximum Gasteiger partial charge on any atom is 0.343 e. The molecule has 168 valence electrons. The van der Waals surface area contributed by atoms with Gasteiger partial charge in [-0.05, 0) is 83.9 Å². The van der Waals surface area contributed by atoms with Crippen molar-refractivity contribution in [2.24, 2.45) is 0 Å². The molecule has 0 saturated carbocycles. The van der Waals surface area contributed by atoms with Gasteiger partial charge in [-0.25, -0.2) is 4.79 Å². The first-order valence-electron chi connectivity index (χ1n) is 10.5. The number of nitriles is 1. The van der Waals surface area contributed by atoms with Gasteiger partial charge < -0.3 is 18.8 Å². The van der Waals surface area contributed by atoms with Crippen LogP contribution in [0.25, 0.3) is 17.3 Å². The standard InChI is InChI=1S/C28H22N2O4/c1-32-26-13-10-22(18-27(26)33-2)23(19-29)16-20-6-5-7-25(17-20)34-28(31)21-8-11-24(12-9-21)30-14-3-4-15-30/h3-18H,1-2H3/b23-16-. The van der Waals surface area contributed by atoms with E-state index in [1.165, 1.54) is 0 Å². The van der Waals surface area contributed by atoms with Crippen LogP contribution in [0.15, 0.2) is 91.3 Å². The molecule has 0 spiro atoms. The second-order valence-electron chi connectivity index (χ2n) is 7.34. The number of hydrogen-bond acceptors (Lipinski definition) is 5. The van der Waals surface area contributed by atoms with E-state index in [9.17, 15) is 10.1 Å². The van der Waals surface area contributed by atoms with Crippen LogP contribution in [0.1, 0.15) is 21.5 Å². The van der Waals surface area contributed by atoms with Crippen molar-refractivity contribution in [3.63, 3.8) is 0 Å². The third kappa shape index (κ3) is 5.00. The molecule has 34 heavy (non-hydrogen) atoms. The minimum Gasteiger partial charge on any atom is -0.493 e. The van der Waals surface area contributed by atoms with Crippen LogP contribution in [0.2, 0.25) is 0 Å². The number of aromatic nitrogens is 1. The third-order valence-corrected chi connectivity index (χ3v) is 5.20. The summed E-state index contributed by atoms with van der Waals surface area (Å²) in [4.78, 5) is 12.6. The van der Waals surface area contributed by atoms with Crippen LogP contribution in [-0.2, 0) is 0 Å². The molecule has 0 aliphatic heterocycles. The second kappa shape index (κ2) is 10.2. The van der Waals surface area contributed by atoms with Crippen molar-refractivity contribution in [1.29, 1.82) is 5.26 Å². The highest BCUT2D eigenvalue weighted by molar-refractivity contribution is 5.92. The molecule has 6 heteroatoms. The van der Waals surface area contributed by atoms with Crippen LogP contribution in [0.5, 0.6) is 17.2 Å². The van der Waals surface area contributed by atoms with Crippen LogP contribution >= 0.6 is 0 Å². The number of ether oxygens (including phenoxy) is 3. The van der Waals surface area contributed by atoms with E-state index in [1.807, 2.05) is 47.3 Å². The molecule has 0 aliphatic carbocycles. The van der Waals surface area contributed by atoms with E-state index in [-0.39, 0.29) is 0 Å². The van der Waals surface area contributed by atoms with E-state index in [0.29, 0.717) is 33.9 Å². The summed E-state index contributed by atoms with van der Waals surface area (Å²) >= 11 is 0. The van der Waals surface area contributed by atoms with E-state index >= 15 is 0 Å². The van der Waals surface area contributed by atoms with Crippen LogP contribution in [0, 0.1) is 11.3 Å². The maximum absolute atomic E-state index is 12.6. The first-order chi connectivity index (χ1) is 16.6. The van der Waals surface area contributed by atoms with Gasteiger partial charge in [0, 0.05) is 18.1 Å². The Morgan fingerprint density at radius 3 is 2.24 bits per heavy atom. The third-order valence-electron chi connectivity index (χ3n) is 5.20. The number of benzene rings is 3. The smallest absolute Gasteiger partial charge is 0.343 e. The topological polar surface area (TPSA) is 73.5 Å². The Bertz CT molecular complexity index is 1360.